The third kappa shape index (κ3) is 4.34. The van der Waals surface area contributed by atoms with Gasteiger partial charge in [0, 0.05) is 41.9 Å². The molecule has 0 bridgehead atoms. The van der Waals surface area contributed by atoms with Crippen molar-refractivity contribution >= 4 is 75.5 Å². The van der Waals surface area contributed by atoms with E-state index in [-0.39, 0.29) is 0 Å². The Hall–Kier alpha value is -4.12. The highest BCUT2D eigenvalue weighted by atomic mass is 79.9. The minimum atomic E-state index is 1.10. The van der Waals surface area contributed by atoms with Crippen molar-refractivity contribution in [2.75, 3.05) is 0 Å². The smallest absolute Gasteiger partial charge is 0.0552 e. The lowest BCUT2D eigenvalue weighted by atomic mass is 10.2. The third-order valence-electron chi connectivity index (χ3n) is 7.30. The van der Waals surface area contributed by atoms with E-state index in [2.05, 4.69) is 174 Å². The summed E-state index contributed by atoms with van der Waals surface area (Å²) in [6.45, 7) is 0. The second-order valence-corrected chi connectivity index (χ2v) is 11.5. The molecule has 8 aromatic rings. The van der Waals surface area contributed by atoms with Gasteiger partial charge >= 0.3 is 0 Å². The van der Waals surface area contributed by atoms with Gasteiger partial charge in [0.2, 0.25) is 0 Å². The Bertz CT molecular complexity index is 1970. The number of nitrogens with zero attached hydrogens (tertiary/aromatic N) is 2. The van der Waals surface area contributed by atoms with E-state index < -0.39 is 0 Å². The van der Waals surface area contributed by atoms with Gasteiger partial charge in [-0.15, -0.1) is 0 Å². The van der Waals surface area contributed by atoms with Crippen molar-refractivity contribution in [3.8, 4) is 11.4 Å². The predicted molar refractivity (Wildman–Crippen MR) is 177 cm³/mol. The Morgan fingerprint density at radius 3 is 1.10 bits per heavy atom. The van der Waals surface area contributed by atoms with Gasteiger partial charge in [0.1, 0.15) is 0 Å². The average molecular weight is 644 g/mol. The summed E-state index contributed by atoms with van der Waals surface area (Å²) >= 11 is 7.17. The molecule has 2 heterocycles. The number of para-hydroxylation sites is 4. The van der Waals surface area contributed by atoms with Gasteiger partial charge in [-0.05, 0) is 60.7 Å². The van der Waals surface area contributed by atoms with Gasteiger partial charge < -0.3 is 9.13 Å². The highest BCUT2D eigenvalue weighted by molar-refractivity contribution is 9.10. The van der Waals surface area contributed by atoms with Crippen LogP contribution < -0.4 is 0 Å². The molecule has 2 aromatic heterocycles. The molecule has 0 saturated carbocycles. The molecule has 0 radical (unpaired) electrons. The largest absolute Gasteiger partial charge is 0.309 e. The van der Waals surface area contributed by atoms with Gasteiger partial charge in [-0.2, -0.15) is 0 Å². The van der Waals surface area contributed by atoms with Crippen LogP contribution in [0, 0.1) is 0 Å². The average Bonchev–Trinajstić information content (AvgIpc) is 3.50. The zero-order chi connectivity index (χ0) is 27.1. The lowest BCUT2D eigenvalue weighted by Crippen LogP contribution is -1.92. The van der Waals surface area contributed by atoms with Crippen molar-refractivity contribution in [2.24, 2.45) is 0 Å². The van der Waals surface area contributed by atoms with Crippen LogP contribution in [0.15, 0.2) is 155 Å². The summed E-state index contributed by atoms with van der Waals surface area (Å²) in [6, 6.07) is 51.0. The summed E-state index contributed by atoms with van der Waals surface area (Å²) in [5.41, 5.74) is 7.32. The summed E-state index contributed by atoms with van der Waals surface area (Å²) in [7, 11) is 0. The van der Waals surface area contributed by atoms with Crippen LogP contribution in [0.4, 0.5) is 0 Å². The fraction of sp³-hybridized carbons (Fsp3) is 0. The van der Waals surface area contributed by atoms with Crippen molar-refractivity contribution < 1.29 is 0 Å². The Balaban J connectivity index is 0.000000132. The summed E-state index contributed by atoms with van der Waals surface area (Å²) in [5.74, 6) is 0. The molecule has 0 unspecified atom stereocenters. The molecule has 2 nitrogen and oxygen atoms in total. The first kappa shape index (κ1) is 24.9. The third-order valence-corrected chi connectivity index (χ3v) is 8.29. The first-order valence-corrected chi connectivity index (χ1v) is 14.8. The van der Waals surface area contributed by atoms with E-state index in [1.807, 2.05) is 12.1 Å². The molecule has 192 valence electrons. The standard InChI is InChI=1S/2C18H12BrN/c2*19-13-10-11-16-15-8-4-5-9-17(15)20(18(16)12-13)14-6-2-1-3-7-14/h2*1-12H. The van der Waals surface area contributed by atoms with E-state index in [0.29, 0.717) is 0 Å². The second-order valence-electron chi connectivity index (χ2n) is 9.70. The van der Waals surface area contributed by atoms with Crippen molar-refractivity contribution in [2.45, 2.75) is 0 Å². The molecule has 6 aromatic carbocycles. The van der Waals surface area contributed by atoms with Gasteiger partial charge in [-0.1, -0.05) is 117 Å². The Labute approximate surface area is 249 Å². The van der Waals surface area contributed by atoms with E-state index in [0.717, 1.165) is 8.95 Å². The lowest BCUT2D eigenvalue weighted by molar-refractivity contribution is 1.18. The fourth-order valence-electron chi connectivity index (χ4n) is 5.60. The predicted octanol–water partition coefficient (Wildman–Crippen LogP) is 11.1. The Morgan fingerprint density at radius 1 is 0.325 bits per heavy atom. The monoisotopic (exact) mass is 642 g/mol. The zero-order valence-electron chi connectivity index (χ0n) is 21.5. The minimum Gasteiger partial charge on any atom is -0.309 e. The normalized spacial score (nSPS) is 11.2. The van der Waals surface area contributed by atoms with Crippen LogP contribution in [-0.4, -0.2) is 9.13 Å². The Morgan fingerprint density at radius 2 is 0.675 bits per heavy atom. The van der Waals surface area contributed by atoms with E-state index in [1.165, 1.54) is 55.0 Å². The van der Waals surface area contributed by atoms with Gasteiger partial charge in [0.15, 0.2) is 0 Å². The number of hydrogen-bond donors (Lipinski definition) is 0. The highest BCUT2D eigenvalue weighted by Gasteiger charge is 2.12. The number of benzene rings is 6. The van der Waals surface area contributed by atoms with Crippen LogP contribution in [0.5, 0.6) is 0 Å². The maximum atomic E-state index is 3.58. The lowest BCUT2D eigenvalue weighted by Gasteiger charge is -2.07. The topological polar surface area (TPSA) is 9.86 Å². The number of rotatable bonds is 2. The SMILES string of the molecule is Brc1ccc2c3ccccc3n(-c3ccccc3)c2c1.Brc1ccc2c3ccccc3n(-c3ccccc3)c2c1. The molecular weight excluding hydrogens is 620 g/mol. The van der Waals surface area contributed by atoms with Crippen molar-refractivity contribution in [3.63, 3.8) is 0 Å². The number of halogens is 2. The molecule has 0 aliphatic heterocycles. The molecule has 0 saturated heterocycles. The van der Waals surface area contributed by atoms with Crippen LogP contribution >= 0.6 is 31.9 Å². The summed E-state index contributed by atoms with van der Waals surface area (Å²) in [6.07, 6.45) is 0. The molecule has 0 spiro atoms. The van der Waals surface area contributed by atoms with Gasteiger partial charge in [0.05, 0.1) is 22.1 Å². The highest BCUT2D eigenvalue weighted by Crippen LogP contribution is 2.34. The Kier molecular flexibility index (Phi) is 6.51. The molecule has 0 aliphatic rings. The number of aromatic nitrogens is 2. The van der Waals surface area contributed by atoms with Gasteiger partial charge in [-0.3, -0.25) is 0 Å². The quantitative estimate of drug-likeness (QED) is 0.177. The number of hydrogen-bond acceptors (Lipinski definition) is 0. The van der Waals surface area contributed by atoms with Crippen molar-refractivity contribution in [3.05, 3.63) is 155 Å². The van der Waals surface area contributed by atoms with E-state index in [9.17, 15) is 0 Å². The molecule has 0 fully saturated rings. The molecular formula is C36H24Br2N2. The summed E-state index contributed by atoms with van der Waals surface area (Å²) in [4.78, 5) is 0. The fourth-order valence-corrected chi connectivity index (χ4v) is 6.30. The van der Waals surface area contributed by atoms with Crippen molar-refractivity contribution in [1.82, 2.24) is 9.13 Å². The molecule has 40 heavy (non-hydrogen) atoms. The van der Waals surface area contributed by atoms with Crippen molar-refractivity contribution in [1.29, 1.82) is 0 Å². The van der Waals surface area contributed by atoms with E-state index in [1.54, 1.807) is 0 Å². The molecule has 0 amide bonds. The second kappa shape index (κ2) is 10.5. The van der Waals surface area contributed by atoms with Crippen LogP contribution in [-0.2, 0) is 0 Å². The zero-order valence-corrected chi connectivity index (χ0v) is 24.7. The molecule has 0 atom stereocenters. The maximum absolute atomic E-state index is 3.58. The van der Waals surface area contributed by atoms with Crippen LogP contribution in [0.2, 0.25) is 0 Å². The number of fused-ring (bicyclic) bond motifs is 6. The van der Waals surface area contributed by atoms with E-state index >= 15 is 0 Å². The molecule has 8 rings (SSSR count). The van der Waals surface area contributed by atoms with Gasteiger partial charge in [-0.25, -0.2) is 0 Å². The minimum absolute atomic E-state index is 1.10. The first-order valence-electron chi connectivity index (χ1n) is 13.2. The van der Waals surface area contributed by atoms with Crippen LogP contribution in [0.3, 0.4) is 0 Å². The van der Waals surface area contributed by atoms with Crippen LogP contribution in [0.1, 0.15) is 0 Å². The first-order chi connectivity index (χ1) is 19.7. The van der Waals surface area contributed by atoms with Crippen LogP contribution in [0.25, 0.3) is 55.0 Å². The van der Waals surface area contributed by atoms with Gasteiger partial charge in [0.25, 0.3) is 0 Å². The maximum Gasteiger partial charge on any atom is 0.0552 e. The summed E-state index contributed by atoms with van der Waals surface area (Å²) in [5, 5.41) is 5.15. The molecule has 4 heteroatoms. The summed E-state index contributed by atoms with van der Waals surface area (Å²) < 4.78 is 6.83. The molecule has 0 N–H and O–H groups in total. The van der Waals surface area contributed by atoms with E-state index in [4.69, 9.17) is 0 Å². The molecule has 0 aliphatic carbocycles.